The van der Waals surface area contributed by atoms with E-state index >= 15 is 0 Å². The van der Waals surface area contributed by atoms with Gasteiger partial charge in [0.2, 0.25) is 0 Å². The fraction of sp³-hybridized carbons (Fsp3) is 0.377. The second-order valence-electron chi connectivity index (χ2n) is 21.1. The number of pyridine rings is 2. The van der Waals surface area contributed by atoms with Crippen molar-refractivity contribution in [2.45, 2.75) is 115 Å². The van der Waals surface area contributed by atoms with Gasteiger partial charge in [-0.15, -0.1) is 5.69 Å². The van der Waals surface area contributed by atoms with Crippen molar-refractivity contribution in [1.82, 2.24) is 9.97 Å². The van der Waals surface area contributed by atoms with E-state index < -0.39 is 10.0 Å². The van der Waals surface area contributed by atoms with E-state index in [0.717, 1.165) is 90.9 Å². The molecule has 10 heteroatoms. The topological polar surface area (TPSA) is 108 Å². The number of fused-ring (bicyclic) bond motifs is 13. The molecular formula is C61H62FN3O4PdS. The largest absolute Gasteiger partial charge is 2.00 e. The molecule has 4 fully saturated rings. The van der Waals surface area contributed by atoms with Gasteiger partial charge in [-0.1, -0.05) is 92.9 Å². The van der Waals surface area contributed by atoms with Crippen LogP contribution < -0.4 is 0 Å². The van der Waals surface area contributed by atoms with Crippen molar-refractivity contribution in [3.8, 4) is 0 Å². The van der Waals surface area contributed by atoms with Gasteiger partial charge in [0, 0.05) is 47.6 Å². The average Bonchev–Trinajstić information content (AvgIpc) is 3.87. The third-order valence-electron chi connectivity index (χ3n) is 17.4. The molecule has 0 aliphatic heterocycles. The van der Waals surface area contributed by atoms with Gasteiger partial charge in [-0.2, -0.15) is 35.4 Å². The molecule has 0 saturated heterocycles. The molecule has 2 aromatic heterocycles. The first-order valence-electron chi connectivity index (χ1n) is 25.3. The molecule has 4 saturated carbocycles. The van der Waals surface area contributed by atoms with Crippen molar-refractivity contribution in [3.05, 3.63) is 184 Å². The van der Waals surface area contributed by atoms with Crippen molar-refractivity contribution in [3.63, 3.8) is 0 Å². The summed E-state index contributed by atoms with van der Waals surface area (Å²) < 4.78 is 42.9. The molecule has 0 amide bonds. The molecular weight excluding hydrogens is 996 g/mol. The molecule has 5 aromatic carbocycles. The number of Topliss-reactive ketones (excluding diaryl/α,β-unsaturated/α-hetero) is 2. The second-order valence-corrected chi connectivity index (χ2v) is 22.7. The number of hydrogen-bond donors (Lipinski definition) is 0. The molecule has 368 valence electrons. The predicted molar refractivity (Wildman–Crippen MR) is 276 cm³/mol. The minimum Gasteiger partial charge on any atom is -0.572 e. The summed E-state index contributed by atoms with van der Waals surface area (Å²) in [5, 5.41) is 2.60. The van der Waals surface area contributed by atoms with Gasteiger partial charge in [0.15, 0.2) is 0 Å². The molecule has 0 N–H and O–H groups in total. The van der Waals surface area contributed by atoms with Crippen LogP contribution in [0.2, 0.25) is 0 Å². The quantitative estimate of drug-likeness (QED) is 0.0991. The zero-order valence-corrected chi connectivity index (χ0v) is 43.2. The van der Waals surface area contributed by atoms with Gasteiger partial charge in [-0.05, 0) is 158 Å². The van der Waals surface area contributed by atoms with Crippen molar-refractivity contribution in [2.75, 3.05) is 0 Å². The maximum Gasteiger partial charge on any atom is 2.00 e. The normalized spacial score (nSPS) is 26.6. The number of halogens is 1. The summed E-state index contributed by atoms with van der Waals surface area (Å²) >= 11 is 0. The number of carbonyl (C=O) groups is 2. The number of carbonyl (C=O) groups excluding carboxylic acids is 2. The Kier molecular flexibility index (Phi) is 14.9. The van der Waals surface area contributed by atoms with Gasteiger partial charge < -0.3 is 4.72 Å². The molecule has 7 nitrogen and oxygen atoms in total. The molecule has 0 spiro atoms. The SMILES string of the molecule is C[C@]12CC[C@@H]3c4cc[c-]cc4CC[C@H]3[C@@H]1CCC2=O.C[C@]12CC[C@@H]3c4ccc(F)cc4CC[C@H]3[C@@H]1CCC2=O.Cc1ccc(S(=O)(=O)[N-]c2cccc3ccc4cccnc4c23)cc1.[Pd+2].c1ccncc1. The van der Waals surface area contributed by atoms with E-state index in [1.165, 1.54) is 36.0 Å². The molecule has 2 heterocycles. The van der Waals surface area contributed by atoms with Crippen LogP contribution in [0.25, 0.3) is 26.4 Å². The summed E-state index contributed by atoms with van der Waals surface area (Å²) in [6.45, 7) is 6.36. The molecule has 8 atom stereocenters. The van der Waals surface area contributed by atoms with Gasteiger partial charge >= 0.3 is 20.4 Å². The molecule has 71 heavy (non-hydrogen) atoms. The number of rotatable bonds is 3. The Morgan fingerprint density at radius 2 is 1.27 bits per heavy atom. The van der Waals surface area contributed by atoms with Gasteiger partial charge in [0.05, 0.1) is 10.4 Å². The zero-order chi connectivity index (χ0) is 48.6. The fourth-order valence-electron chi connectivity index (χ4n) is 13.7. The fourth-order valence-corrected chi connectivity index (χ4v) is 14.7. The molecule has 0 radical (unpaired) electrons. The van der Waals surface area contributed by atoms with Crippen LogP contribution in [0.5, 0.6) is 0 Å². The summed E-state index contributed by atoms with van der Waals surface area (Å²) in [6, 6.07) is 40.7. The summed E-state index contributed by atoms with van der Waals surface area (Å²) in [5.41, 5.74) is 7.76. The maximum absolute atomic E-state index is 13.4. The second kappa shape index (κ2) is 21.0. The maximum atomic E-state index is 13.4. The van der Waals surface area contributed by atoms with E-state index in [-0.39, 0.29) is 42.0 Å². The van der Waals surface area contributed by atoms with E-state index in [4.69, 9.17) is 0 Å². The van der Waals surface area contributed by atoms with Gasteiger partial charge in [-0.25, -0.2) is 12.8 Å². The van der Waals surface area contributed by atoms with E-state index in [2.05, 4.69) is 52.8 Å². The number of sulfonamides is 1. The summed E-state index contributed by atoms with van der Waals surface area (Å²) in [6.07, 6.45) is 18.1. The van der Waals surface area contributed by atoms with Crippen LogP contribution in [0.15, 0.2) is 145 Å². The minimum absolute atomic E-state index is 0. The van der Waals surface area contributed by atoms with E-state index in [1.807, 2.05) is 61.5 Å². The Hall–Kier alpha value is -5.40. The first-order chi connectivity index (χ1) is 33.8. The van der Waals surface area contributed by atoms with Crippen molar-refractivity contribution in [2.24, 2.45) is 34.5 Å². The van der Waals surface area contributed by atoms with Crippen LogP contribution >= 0.6 is 0 Å². The van der Waals surface area contributed by atoms with Crippen LogP contribution in [-0.2, 0) is 52.9 Å². The van der Waals surface area contributed by atoms with Crippen LogP contribution in [0.1, 0.15) is 118 Å². The number of benzene rings is 5. The average molecular weight is 1060 g/mol. The Morgan fingerprint density at radius 3 is 1.90 bits per heavy atom. The van der Waals surface area contributed by atoms with E-state index in [9.17, 15) is 22.4 Å². The van der Waals surface area contributed by atoms with Crippen molar-refractivity contribution >= 4 is 49.0 Å². The number of nitrogens with zero attached hydrogens (tertiary/aromatic N) is 3. The van der Waals surface area contributed by atoms with Crippen molar-refractivity contribution < 1.29 is 42.8 Å². The van der Waals surface area contributed by atoms with Crippen molar-refractivity contribution in [1.29, 1.82) is 0 Å². The molecule has 0 bridgehead atoms. The molecule has 0 unspecified atom stereocenters. The van der Waals surface area contributed by atoms with Crippen LogP contribution in [0, 0.1) is 53.3 Å². The Labute approximate surface area is 432 Å². The standard InChI is InChI=1S/C20H15N2O2S.C18H21FO.C18H21O.C5H5N.Pd/c1-14-7-11-17(12-8-14)25(23,24)22-18-6-2-4-15-9-10-16-5-3-13-21-20(16)19(15)18;1-18-9-8-14-13-5-3-12(19)10-11(13)2-4-15(14)16(18)6-7-17(18)20;1-18-11-10-14-13-5-3-2-4-12(13)6-7-15(14)16(18)8-9-17(18)19;1-2-4-6-5-3-1;/h2-13H,1H3;3,5,10,14-16H,2,4,6-9H2,1H3;3-5,14-16H,6-11H2,1H3;1-5H;/q-1;;-1;;+2/t;2*14-,15-,16+,18+;;/m.11../s1. The number of ketones is 2. The third kappa shape index (κ3) is 9.94. The predicted octanol–water partition coefficient (Wildman–Crippen LogP) is 14.3. The third-order valence-corrected chi connectivity index (χ3v) is 18.7. The van der Waals surface area contributed by atoms with Crippen LogP contribution in [0.4, 0.5) is 10.1 Å². The summed E-state index contributed by atoms with van der Waals surface area (Å²) in [5.74, 6) is 4.79. The number of hydrogen-bond acceptors (Lipinski definition) is 6. The number of aryl methyl sites for hydroxylation is 3. The first-order valence-corrected chi connectivity index (χ1v) is 26.8. The Bertz CT molecular complexity index is 3140. The smallest absolute Gasteiger partial charge is 0.572 e. The molecule has 6 aliphatic carbocycles. The summed E-state index contributed by atoms with van der Waals surface area (Å²) in [4.78, 5) is 32.9. The minimum atomic E-state index is -3.79. The van der Waals surface area contributed by atoms with Gasteiger partial charge in [-0.3, -0.25) is 19.6 Å². The monoisotopic (exact) mass is 1060 g/mol. The molecule has 13 rings (SSSR count). The van der Waals surface area contributed by atoms with Gasteiger partial charge in [0.1, 0.15) is 27.4 Å². The van der Waals surface area contributed by atoms with E-state index in [0.29, 0.717) is 46.8 Å². The first kappa shape index (κ1) is 50.5. The summed E-state index contributed by atoms with van der Waals surface area (Å²) in [7, 11) is -3.79. The van der Waals surface area contributed by atoms with Crippen LogP contribution in [0.3, 0.4) is 0 Å². The molecule has 7 aromatic rings. The Morgan fingerprint density at radius 1 is 0.648 bits per heavy atom. The molecule has 6 aliphatic rings. The van der Waals surface area contributed by atoms with Gasteiger partial charge in [0.25, 0.3) is 0 Å². The number of aromatic nitrogens is 2. The van der Waals surface area contributed by atoms with Crippen LogP contribution in [-0.4, -0.2) is 30.0 Å². The zero-order valence-electron chi connectivity index (χ0n) is 40.8. The van der Waals surface area contributed by atoms with E-state index in [1.54, 1.807) is 72.7 Å². The Balaban J connectivity index is 0.000000124.